The van der Waals surface area contributed by atoms with Gasteiger partial charge in [0.2, 0.25) is 25.2 Å². The summed E-state index contributed by atoms with van der Waals surface area (Å²) in [6, 6.07) is 21.0. The molecule has 4 aromatic rings. The van der Waals surface area contributed by atoms with Crippen LogP contribution in [0.25, 0.3) is 11.1 Å². The predicted octanol–water partition coefficient (Wildman–Crippen LogP) is 7.43. The van der Waals surface area contributed by atoms with Crippen LogP contribution < -0.4 is 18.9 Å². The van der Waals surface area contributed by atoms with Gasteiger partial charge in [0.05, 0.1) is 11.1 Å². The monoisotopic (exact) mass is 758 g/mol. The van der Waals surface area contributed by atoms with Gasteiger partial charge in [0.25, 0.3) is 0 Å². The SMILES string of the molecule is C=C(F)C(=O)OCOC(=O)Oc1ccc(C(=O)Oc2ccc3c(c2)C(C)(C)c2cc(OC(=O)c4ccc(OC(=O)OCOC(=O)C(=C)F)cc4)ccc2-3)cc1. The molecule has 0 bridgehead atoms. The molecular weight excluding hydrogens is 730 g/mol. The third-order valence-corrected chi connectivity index (χ3v) is 7.80. The Kier molecular flexibility index (Phi) is 11.7. The lowest BCUT2D eigenvalue weighted by Crippen LogP contribution is -2.16. The molecule has 0 radical (unpaired) electrons. The molecule has 0 aliphatic heterocycles. The number of rotatable bonds is 12. The van der Waals surface area contributed by atoms with E-state index >= 15 is 0 Å². The van der Waals surface area contributed by atoms with Crippen molar-refractivity contribution in [3.8, 4) is 34.1 Å². The lowest BCUT2D eigenvalue weighted by Gasteiger charge is -2.22. The summed E-state index contributed by atoms with van der Waals surface area (Å²) in [7, 11) is 0. The van der Waals surface area contributed by atoms with E-state index in [1.165, 1.54) is 48.5 Å². The standard InChI is InChI=1S/C39H28F2O14/c1-21(40)33(42)48-19-50-37(46)54-25-9-5-23(6-10-25)35(44)52-27-13-15-29-30-16-14-28(18-32(30)39(3,4)31(29)17-27)53-36(45)24-7-11-26(12-8-24)55-38(47)51-20-49-34(43)22(2)41/h5-18H,1-2,19-20H2,3-4H3. The topological polar surface area (TPSA) is 176 Å². The van der Waals surface area contributed by atoms with E-state index in [2.05, 4.69) is 32.1 Å². The highest BCUT2D eigenvalue weighted by Gasteiger charge is 2.36. The molecule has 0 saturated carbocycles. The fourth-order valence-electron chi connectivity index (χ4n) is 5.14. The van der Waals surface area contributed by atoms with Gasteiger partial charge in [0.15, 0.2) is 0 Å². The summed E-state index contributed by atoms with van der Waals surface area (Å²) < 4.78 is 63.9. The quantitative estimate of drug-likeness (QED) is 0.0458. The molecule has 0 unspecified atom stereocenters. The molecule has 5 rings (SSSR count). The van der Waals surface area contributed by atoms with Crippen LogP contribution in [0.5, 0.6) is 23.0 Å². The van der Waals surface area contributed by atoms with E-state index in [1.54, 1.807) is 24.3 Å². The molecule has 0 spiro atoms. The fourth-order valence-corrected chi connectivity index (χ4v) is 5.14. The minimum atomic E-state index is -1.39. The molecule has 0 amide bonds. The van der Waals surface area contributed by atoms with Gasteiger partial charge in [-0.25, -0.2) is 28.8 Å². The van der Waals surface area contributed by atoms with Crippen molar-refractivity contribution in [1.82, 2.24) is 0 Å². The number of carbonyl (C=O) groups is 6. The molecule has 1 aliphatic rings. The van der Waals surface area contributed by atoms with Crippen molar-refractivity contribution in [3.05, 3.63) is 132 Å². The summed E-state index contributed by atoms with van der Waals surface area (Å²) in [4.78, 5) is 71.4. The van der Waals surface area contributed by atoms with Crippen molar-refractivity contribution in [2.24, 2.45) is 0 Å². The van der Waals surface area contributed by atoms with Crippen LogP contribution in [0.15, 0.2) is 110 Å². The van der Waals surface area contributed by atoms with Crippen LogP contribution >= 0.6 is 0 Å². The van der Waals surface area contributed by atoms with Gasteiger partial charge in [-0.2, -0.15) is 8.78 Å². The number of fused-ring (bicyclic) bond motifs is 3. The zero-order chi connectivity index (χ0) is 39.9. The van der Waals surface area contributed by atoms with Gasteiger partial charge in [-0.1, -0.05) is 39.1 Å². The second kappa shape index (κ2) is 16.5. The molecule has 0 saturated heterocycles. The third-order valence-electron chi connectivity index (χ3n) is 7.80. The second-order valence-electron chi connectivity index (χ2n) is 11.8. The number of benzene rings is 4. The second-order valence-corrected chi connectivity index (χ2v) is 11.8. The first-order valence-electron chi connectivity index (χ1n) is 15.8. The summed E-state index contributed by atoms with van der Waals surface area (Å²) in [5.74, 6) is -6.37. The Bertz CT molecular complexity index is 2050. The zero-order valence-corrected chi connectivity index (χ0v) is 28.9. The molecule has 55 heavy (non-hydrogen) atoms. The molecular formula is C39H28F2O14. The molecule has 0 fully saturated rings. The maximum Gasteiger partial charge on any atom is 0.516 e. The Morgan fingerprint density at radius 1 is 0.509 bits per heavy atom. The van der Waals surface area contributed by atoms with Gasteiger partial charge in [-0.3, -0.25) is 0 Å². The molecule has 14 nitrogen and oxygen atoms in total. The van der Waals surface area contributed by atoms with Gasteiger partial charge >= 0.3 is 36.2 Å². The lowest BCUT2D eigenvalue weighted by atomic mass is 9.82. The molecule has 0 heterocycles. The number of esters is 4. The summed E-state index contributed by atoms with van der Waals surface area (Å²) >= 11 is 0. The first-order chi connectivity index (χ1) is 26.1. The molecule has 1 aliphatic carbocycles. The van der Waals surface area contributed by atoms with Crippen LogP contribution in [0.3, 0.4) is 0 Å². The van der Waals surface area contributed by atoms with Crippen LogP contribution in [0, 0.1) is 0 Å². The normalized spacial score (nSPS) is 11.8. The number of hydrogen-bond donors (Lipinski definition) is 0. The predicted molar refractivity (Wildman–Crippen MR) is 183 cm³/mol. The van der Waals surface area contributed by atoms with E-state index in [1.807, 2.05) is 26.0 Å². The Labute approximate surface area is 310 Å². The summed E-state index contributed by atoms with van der Waals surface area (Å²) in [6.45, 7) is 7.63. The van der Waals surface area contributed by atoms with Crippen molar-refractivity contribution >= 4 is 36.2 Å². The maximum absolute atomic E-state index is 13.0. The Hall–Kier alpha value is -7.36. The van der Waals surface area contributed by atoms with E-state index in [-0.39, 0.29) is 34.1 Å². The molecule has 0 atom stereocenters. The first-order valence-corrected chi connectivity index (χ1v) is 15.8. The highest BCUT2D eigenvalue weighted by molar-refractivity contribution is 5.93. The summed E-state index contributed by atoms with van der Waals surface area (Å²) in [5.41, 5.74) is 3.13. The molecule has 0 N–H and O–H groups in total. The molecule has 282 valence electrons. The lowest BCUT2D eigenvalue weighted by molar-refractivity contribution is -0.150. The van der Waals surface area contributed by atoms with E-state index in [4.69, 9.17) is 18.9 Å². The van der Waals surface area contributed by atoms with E-state index in [0.29, 0.717) is 0 Å². The summed E-state index contributed by atoms with van der Waals surface area (Å²) in [5, 5.41) is 0. The van der Waals surface area contributed by atoms with Crippen LogP contribution in [0.4, 0.5) is 18.4 Å². The van der Waals surface area contributed by atoms with Gasteiger partial charge in [0.1, 0.15) is 23.0 Å². The van der Waals surface area contributed by atoms with Crippen molar-refractivity contribution < 1.29 is 75.4 Å². The highest BCUT2D eigenvalue weighted by Crippen LogP contribution is 2.50. The van der Waals surface area contributed by atoms with Gasteiger partial charge < -0.3 is 37.9 Å². The number of hydrogen-bond acceptors (Lipinski definition) is 14. The third kappa shape index (κ3) is 9.55. The number of halogens is 2. The highest BCUT2D eigenvalue weighted by atomic mass is 19.1. The van der Waals surface area contributed by atoms with Crippen molar-refractivity contribution in [2.45, 2.75) is 19.3 Å². The minimum absolute atomic E-state index is 0.000666. The Balaban J connectivity index is 1.16. The average Bonchev–Trinajstić information content (AvgIpc) is 3.36. The van der Waals surface area contributed by atoms with Crippen LogP contribution in [0.1, 0.15) is 45.7 Å². The van der Waals surface area contributed by atoms with Crippen molar-refractivity contribution in [1.29, 1.82) is 0 Å². The Morgan fingerprint density at radius 2 is 0.855 bits per heavy atom. The number of carbonyl (C=O) groups excluding carboxylic acids is 6. The van der Waals surface area contributed by atoms with Crippen molar-refractivity contribution in [2.75, 3.05) is 13.6 Å². The maximum atomic E-state index is 13.0. The van der Waals surface area contributed by atoms with Crippen molar-refractivity contribution in [3.63, 3.8) is 0 Å². The first kappa shape index (κ1) is 38.9. The van der Waals surface area contributed by atoms with Crippen LogP contribution in [-0.4, -0.2) is 49.8 Å². The van der Waals surface area contributed by atoms with Gasteiger partial charge in [-0.15, -0.1) is 0 Å². The van der Waals surface area contributed by atoms with Crippen LogP contribution in [0.2, 0.25) is 0 Å². The number of ether oxygens (including phenoxy) is 8. The van der Waals surface area contributed by atoms with E-state index in [0.717, 1.165) is 22.3 Å². The van der Waals surface area contributed by atoms with E-state index in [9.17, 15) is 37.5 Å². The largest absolute Gasteiger partial charge is 0.516 e. The summed E-state index contributed by atoms with van der Waals surface area (Å²) in [6.07, 6.45) is -2.48. The van der Waals surface area contributed by atoms with Gasteiger partial charge in [0, 0.05) is 5.41 Å². The Morgan fingerprint density at radius 3 is 1.20 bits per heavy atom. The smallest absolute Gasteiger partial charge is 0.423 e. The molecule has 0 aromatic heterocycles. The van der Waals surface area contributed by atoms with Gasteiger partial charge in [-0.05, 0) is 95.1 Å². The van der Waals surface area contributed by atoms with E-state index < -0.39 is 66.8 Å². The molecule has 16 heteroatoms. The average molecular weight is 759 g/mol. The molecule has 4 aromatic carbocycles. The van der Waals surface area contributed by atoms with Crippen LogP contribution in [-0.2, 0) is 34.0 Å². The zero-order valence-electron chi connectivity index (χ0n) is 28.9. The minimum Gasteiger partial charge on any atom is -0.423 e. The fraction of sp³-hybridized carbons (Fsp3) is 0.128.